The highest BCUT2D eigenvalue weighted by Gasteiger charge is 2.39. The molecule has 10 nitrogen and oxygen atoms in total. The fraction of sp³-hybridized carbons (Fsp3) is 0.156. The molecule has 208 valence electrons. The molecule has 0 saturated heterocycles. The second-order valence-corrected chi connectivity index (χ2v) is 9.90. The van der Waals surface area contributed by atoms with Crippen molar-refractivity contribution in [3.63, 3.8) is 0 Å². The number of hydrogen-bond acceptors (Lipinski definition) is 8. The van der Waals surface area contributed by atoms with Crippen LogP contribution in [0.1, 0.15) is 46.6 Å². The molecule has 0 radical (unpaired) electrons. The molecule has 0 amide bonds. The zero-order valence-electron chi connectivity index (χ0n) is 23.3. The molecule has 1 aliphatic rings. The summed E-state index contributed by atoms with van der Waals surface area (Å²) in [4.78, 5) is 15.2. The summed E-state index contributed by atoms with van der Waals surface area (Å²) < 4.78 is 15.8. The SMILES string of the molecule is COc1ccccc1[C@@H]1c2c(C)nn(-c3ccccc3)c2Oc2ncn3nc(CO/N=C(/C)c4ccccc4)nc3c21. The summed E-state index contributed by atoms with van der Waals surface area (Å²) in [6.45, 7) is 3.98. The minimum Gasteiger partial charge on any atom is -0.496 e. The van der Waals surface area contributed by atoms with Crippen molar-refractivity contribution in [2.45, 2.75) is 26.4 Å². The molecule has 0 N–H and O–H groups in total. The van der Waals surface area contributed by atoms with E-state index in [0.29, 0.717) is 23.2 Å². The number of nitrogens with zero attached hydrogens (tertiary/aromatic N) is 7. The smallest absolute Gasteiger partial charge is 0.230 e. The average molecular weight is 558 g/mol. The number of methoxy groups -OCH3 is 1. The number of aryl methyl sites for hydroxylation is 1. The second-order valence-electron chi connectivity index (χ2n) is 9.90. The number of rotatable bonds is 7. The fourth-order valence-electron chi connectivity index (χ4n) is 5.36. The Hall–Kier alpha value is -5.51. The Morgan fingerprint density at radius 1 is 0.929 bits per heavy atom. The van der Waals surface area contributed by atoms with Gasteiger partial charge in [0.25, 0.3) is 0 Å². The van der Waals surface area contributed by atoms with Crippen molar-refractivity contribution < 1.29 is 14.3 Å². The zero-order valence-corrected chi connectivity index (χ0v) is 23.3. The second kappa shape index (κ2) is 10.5. The quantitative estimate of drug-likeness (QED) is 0.179. The Morgan fingerprint density at radius 3 is 2.45 bits per heavy atom. The van der Waals surface area contributed by atoms with E-state index in [0.717, 1.165) is 45.1 Å². The van der Waals surface area contributed by atoms with Gasteiger partial charge in [-0.3, -0.25) is 0 Å². The first-order valence-corrected chi connectivity index (χ1v) is 13.5. The van der Waals surface area contributed by atoms with Gasteiger partial charge in [0.05, 0.1) is 41.2 Å². The number of hydrogen-bond donors (Lipinski definition) is 0. The van der Waals surface area contributed by atoms with Crippen LogP contribution in [-0.2, 0) is 11.4 Å². The lowest BCUT2D eigenvalue weighted by Crippen LogP contribution is -2.16. The van der Waals surface area contributed by atoms with E-state index in [2.05, 4.69) is 15.2 Å². The lowest BCUT2D eigenvalue weighted by molar-refractivity contribution is 0.125. The average Bonchev–Trinajstić information content (AvgIpc) is 3.61. The predicted octanol–water partition coefficient (Wildman–Crippen LogP) is 5.85. The summed E-state index contributed by atoms with van der Waals surface area (Å²) in [7, 11) is 1.67. The first kappa shape index (κ1) is 25.5. The molecule has 0 bridgehead atoms. The topological polar surface area (TPSA) is 101 Å². The van der Waals surface area contributed by atoms with Gasteiger partial charge in [0.15, 0.2) is 18.1 Å². The van der Waals surface area contributed by atoms with Crippen LogP contribution in [0, 0.1) is 6.92 Å². The standard InChI is InChI=1S/C32H27N7O3/c1-20(22-12-6-4-7-13-22)37-41-18-26-34-30-29-28(24-16-10-11-17-25(24)40-3)27-21(2)35-39(23-14-8-5-9-15-23)32(27)42-31(29)33-19-38(30)36-26/h4-17,19,28H,18H2,1-3H3/b37-20-/t28-/m1/s1. The Bertz CT molecular complexity index is 1930. The van der Waals surface area contributed by atoms with Gasteiger partial charge in [0, 0.05) is 5.56 Å². The van der Waals surface area contributed by atoms with Crippen LogP contribution in [-0.4, -0.2) is 42.2 Å². The van der Waals surface area contributed by atoms with Crippen LogP contribution in [0.15, 0.2) is 96.4 Å². The van der Waals surface area contributed by atoms with Crippen molar-refractivity contribution in [1.29, 1.82) is 0 Å². The molecular formula is C32H27N7O3. The van der Waals surface area contributed by atoms with Gasteiger partial charge in [0.1, 0.15) is 12.1 Å². The Morgan fingerprint density at radius 2 is 1.67 bits per heavy atom. The van der Waals surface area contributed by atoms with Crippen LogP contribution in [0.5, 0.6) is 17.5 Å². The highest BCUT2D eigenvalue weighted by molar-refractivity contribution is 5.98. The molecule has 4 heterocycles. The van der Waals surface area contributed by atoms with Gasteiger partial charge in [-0.05, 0) is 37.6 Å². The molecule has 10 heteroatoms. The van der Waals surface area contributed by atoms with E-state index in [1.54, 1.807) is 18.0 Å². The maximum atomic E-state index is 6.50. The lowest BCUT2D eigenvalue weighted by atomic mass is 9.84. The van der Waals surface area contributed by atoms with Crippen molar-refractivity contribution >= 4 is 11.4 Å². The van der Waals surface area contributed by atoms with E-state index in [9.17, 15) is 0 Å². The van der Waals surface area contributed by atoms with E-state index in [-0.39, 0.29) is 12.5 Å². The first-order chi connectivity index (χ1) is 20.6. The molecule has 1 atom stereocenters. The molecule has 3 aromatic heterocycles. The number of benzene rings is 3. The van der Waals surface area contributed by atoms with Crippen LogP contribution >= 0.6 is 0 Å². The normalized spacial score (nSPS) is 14.3. The molecule has 0 fully saturated rings. The van der Waals surface area contributed by atoms with Gasteiger partial charge in [0.2, 0.25) is 11.8 Å². The molecule has 1 aliphatic heterocycles. The minimum atomic E-state index is -0.329. The van der Waals surface area contributed by atoms with Crippen molar-refractivity contribution in [3.05, 3.63) is 125 Å². The number of aromatic nitrogens is 6. The van der Waals surface area contributed by atoms with Gasteiger partial charge in [-0.2, -0.15) is 5.10 Å². The molecule has 7 rings (SSSR count). The molecule has 6 aromatic rings. The molecule has 3 aromatic carbocycles. The van der Waals surface area contributed by atoms with Crippen LogP contribution < -0.4 is 9.47 Å². The number of ether oxygens (including phenoxy) is 2. The van der Waals surface area contributed by atoms with Crippen LogP contribution in [0.2, 0.25) is 0 Å². The Labute approximate surface area is 241 Å². The molecular weight excluding hydrogens is 530 g/mol. The third-order valence-corrected chi connectivity index (χ3v) is 7.30. The number of fused-ring (bicyclic) bond motifs is 4. The van der Waals surface area contributed by atoms with E-state index in [1.807, 2.05) is 103 Å². The minimum absolute atomic E-state index is 0.0943. The monoisotopic (exact) mass is 557 g/mol. The molecule has 0 saturated carbocycles. The summed E-state index contributed by atoms with van der Waals surface area (Å²) in [5.74, 6) is 1.92. The van der Waals surface area contributed by atoms with E-state index >= 15 is 0 Å². The summed E-state index contributed by atoms with van der Waals surface area (Å²) >= 11 is 0. The van der Waals surface area contributed by atoms with Gasteiger partial charge < -0.3 is 14.3 Å². The highest BCUT2D eigenvalue weighted by Crippen LogP contribution is 2.51. The van der Waals surface area contributed by atoms with Gasteiger partial charge in [-0.25, -0.2) is 19.2 Å². The van der Waals surface area contributed by atoms with Crippen LogP contribution in [0.25, 0.3) is 11.3 Å². The van der Waals surface area contributed by atoms with E-state index in [4.69, 9.17) is 24.4 Å². The third kappa shape index (κ3) is 4.33. The van der Waals surface area contributed by atoms with Gasteiger partial charge >= 0.3 is 0 Å². The molecule has 42 heavy (non-hydrogen) atoms. The number of para-hydroxylation sites is 2. The summed E-state index contributed by atoms with van der Waals surface area (Å²) in [6, 6.07) is 27.7. The summed E-state index contributed by atoms with van der Waals surface area (Å²) in [6.07, 6.45) is 1.60. The van der Waals surface area contributed by atoms with Crippen molar-refractivity contribution in [2.75, 3.05) is 7.11 Å². The highest BCUT2D eigenvalue weighted by atomic mass is 16.6. The van der Waals surface area contributed by atoms with Crippen molar-refractivity contribution in [1.82, 2.24) is 29.4 Å². The predicted molar refractivity (Wildman–Crippen MR) is 157 cm³/mol. The Kier molecular flexibility index (Phi) is 6.35. The van der Waals surface area contributed by atoms with E-state index in [1.165, 1.54) is 0 Å². The summed E-state index contributed by atoms with van der Waals surface area (Å²) in [5, 5.41) is 13.8. The fourth-order valence-corrected chi connectivity index (χ4v) is 5.36. The Balaban J connectivity index is 1.34. The molecule has 0 unspecified atom stereocenters. The zero-order chi connectivity index (χ0) is 28.6. The van der Waals surface area contributed by atoms with E-state index < -0.39 is 0 Å². The summed E-state index contributed by atoms with van der Waals surface area (Å²) in [5.41, 5.74) is 6.70. The molecule has 0 spiro atoms. The third-order valence-electron chi connectivity index (χ3n) is 7.30. The number of oxime groups is 1. The molecule has 0 aliphatic carbocycles. The maximum Gasteiger partial charge on any atom is 0.230 e. The lowest BCUT2D eigenvalue weighted by Gasteiger charge is -2.27. The van der Waals surface area contributed by atoms with Gasteiger partial charge in [-0.15, -0.1) is 5.10 Å². The van der Waals surface area contributed by atoms with Gasteiger partial charge in [-0.1, -0.05) is 71.9 Å². The van der Waals surface area contributed by atoms with Crippen molar-refractivity contribution in [2.24, 2.45) is 5.16 Å². The van der Waals surface area contributed by atoms with Crippen LogP contribution in [0.4, 0.5) is 0 Å². The van der Waals surface area contributed by atoms with Crippen molar-refractivity contribution in [3.8, 4) is 23.2 Å². The van der Waals surface area contributed by atoms with Crippen LogP contribution in [0.3, 0.4) is 0 Å². The maximum absolute atomic E-state index is 6.50. The first-order valence-electron chi connectivity index (χ1n) is 13.5. The largest absolute Gasteiger partial charge is 0.496 e.